The molecular weight excluding hydrogens is 302 g/mol. The van der Waals surface area contributed by atoms with Crippen molar-refractivity contribution in [2.75, 3.05) is 6.54 Å². The van der Waals surface area contributed by atoms with Crippen LogP contribution in [0, 0.1) is 0 Å². The number of nitrogens with one attached hydrogen (secondary N) is 1. The van der Waals surface area contributed by atoms with Gasteiger partial charge in [0.05, 0.1) is 18.3 Å². The molecule has 0 saturated carbocycles. The minimum Gasteiger partial charge on any atom is -0.469 e. The van der Waals surface area contributed by atoms with Gasteiger partial charge in [-0.1, -0.05) is 23.7 Å². The van der Waals surface area contributed by atoms with Crippen LogP contribution in [0.1, 0.15) is 12.2 Å². The van der Waals surface area contributed by atoms with Gasteiger partial charge in [-0.15, -0.1) is 0 Å². The Labute approximate surface area is 132 Å². The Morgan fingerprint density at radius 3 is 2.95 bits per heavy atom. The summed E-state index contributed by atoms with van der Waals surface area (Å²) in [5.41, 5.74) is 0.941. The van der Waals surface area contributed by atoms with Crippen LogP contribution < -0.4 is 5.32 Å². The number of nitrogens with zero attached hydrogens (tertiary/aromatic N) is 2. The molecule has 114 valence electrons. The molecule has 3 aromatic rings. The van der Waals surface area contributed by atoms with E-state index >= 15 is 0 Å². The molecule has 2 heterocycles. The number of rotatable bonds is 6. The molecule has 6 heteroatoms. The first-order valence-corrected chi connectivity index (χ1v) is 7.52. The summed E-state index contributed by atoms with van der Waals surface area (Å²) >= 11 is 6.09. The number of hydrogen-bond acceptors (Lipinski definition) is 3. The monoisotopic (exact) mass is 317 g/mol. The highest BCUT2D eigenvalue weighted by atomic mass is 35.5. The van der Waals surface area contributed by atoms with E-state index in [-0.39, 0.29) is 5.91 Å². The number of hydrogen-bond donors (Lipinski definition) is 1. The summed E-state index contributed by atoms with van der Waals surface area (Å²) in [6.07, 6.45) is 2.68. The molecule has 0 radical (unpaired) electrons. The summed E-state index contributed by atoms with van der Waals surface area (Å²) in [6, 6.07) is 11.4. The summed E-state index contributed by atoms with van der Waals surface area (Å²) < 4.78 is 6.98. The fraction of sp³-hybridized carbons (Fsp3) is 0.250. The van der Waals surface area contributed by atoms with Gasteiger partial charge in [0.2, 0.25) is 5.91 Å². The Kier molecular flexibility index (Phi) is 4.44. The molecule has 2 aromatic heterocycles. The van der Waals surface area contributed by atoms with Gasteiger partial charge in [0.15, 0.2) is 5.15 Å². The third-order valence-corrected chi connectivity index (χ3v) is 3.72. The average molecular weight is 318 g/mol. The van der Waals surface area contributed by atoms with E-state index in [1.54, 1.807) is 10.9 Å². The Morgan fingerprint density at radius 2 is 2.14 bits per heavy atom. The van der Waals surface area contributed by atoms with Crippen LogP contribution in [-0.4, -0.2) is 22.2 Å². The number of amides is 1. The Balaban J connectivity index is 1.52. The molecule has 0 aliphatic heterocycles. The number of aromatic nitrogens is 2. The van der Waals surface area contributed by atoms with Crippen LogP contribution in [0.25, 0.3) is 10.9 Å². The molecule has 0 aliphatic rings. The highest BCUT2D eigenvalue weighted by molar-refractivity contribution is 6.34. The van der Waals surface area contributed by atoms with Gasteiger partial charge in [-0.25, -0.2) is 0 Å². The zero-order valence-corrected chi connectivity index (χ0v) is 12.7. The van der Waals surface area contributed by atoms with Crippen LogP contribution in [-0.2, 0) is 17.8 Å². The summed E-state index contributed by atoms with van der Waals surface area (Å²) in [5.74, 6) is 0.854. The van der Waals surface area contributed by atoms with Crippen molar-refractivity contribution in [3.8, 4) is 0 Å². The maximum Gasteiger partial charge on any atom is 0.221 e. The Hall–Kier alpha value is -2.27. The number of carbonyl (C=O) groups excluding carboxylic acids is 1. The van der Waals surface area contributed by atoms with Gasteiger partial charge in [-0.3, -0.25) is 9.48 Å². The normalized spacial score (nSPS) is 11.0. The average Bonchev–Trinajstić information content (AvgIpc) is 3.14. The van der Waals surface area contributed by atoms with Crippen LogP contribution >= 0.6 is 11.6 Å². The number of fused-ring (bicyclic) bond motifs is 1. The summed E-state index contributed by atoms with van der Waals surface area (Å²) in [4.78, 5) is 11.9. The molecule has 1 amide bonds. The molecule has 0 bridgehead atoms. The number of furan rings is 1. The van der Waals surface area contributed by atoms with Gasteiger partial charge in [-0.05, 0) is 24.3 Å². The van der Waals surface area contributed by atoms with Crippen LogP contribution in [0.15, 0.2) is 47.1 Å². The van der Waals surface area contributed by atoms with Crippen molar-refractivity contribution in [2.24, 2.45) is 0 Å². The van der Waals surface area contributed by atoms with Gasteiger partial charge < -0.3 is 9.73 Å². The number of halogens is 1. The van der Waals surface area contributed by atoms with Crippen LogP contribution in [0.3, 0.4) is 0 Å². The first-order chi connectivity index (χ1) is 10.7. The molecule has 5 nitrogen and oxygen atoms in total. The van der Waals surface area contributed by atoms with Crippen molar-refractivity contribution in [2.45, 2.75) is 19.4 Å². The van der Waals surface area contributed by atoms with Crippen molar-refractivity contribution in [3.63, 3.8) is 0 Å². The zero-order valence-electron chi connectivity index (χ0n) is 12.0. The lowest BCUT2D eigenvalue weighted by atomic mass is 10.2. The van der Waals surface area contributed by atoms with Crippen molar-refractivity contribution < 1.29 is 9.21 Å². The van der Waals surface area contributed by atoms with Crippen LogP contribution in [0.4, 0.5) is 0 Å². The second-order valence-corrected chi connectivity index (χ2v) is 5.32. The fourth-order valence-electron chi connectivity index (χ4n) is 2.33. The first kappa shape index (κ1) is 14.7. The molecule has 0 aliphatic carbocycles. The van der Waals surface area contributed by atoms with E-state index in [4.69, 9.17) is 16.0 Å². The van der Waals surface area contributed by atoms with Gasteiger partial charge in [0.25, 0.3) is 0 Å². The fourth-order valence-corrected chi connectivity index (χ4v) is 2.58. The van der Waals surface area contributed by atoms with Gasteiger partial charge >= 0.3 is 0 Å². The molecule has 0 spiro atoms. The van der Waals surface area contributed by atoms with E-state index < -0.39 is 0 Å². The topological polar surface area (TPSA) is 60.1 Å². The smallest absolute Gasteiger partial charge is 0.221 e. The number of benzene rings is 1. The lowest BCUT2D eigenvalue weighted by Crippen LogP contribution is -2.26. The first-order valence-electron chi connectivity index (χ1n) is 7.14. The predicted octanol–water partition coefficient (Wildman–Crippen LogP) is 3.03. The minimum absolute atomic E-state index is 0.0118. The van der Waals surface area contributed by atoms with E-state index in [0.29, 0.717) is 31.1 Å². The van der Waals surface area contributed by atoms with Gasteiger partial charge in [0.1, 0.15) is 5.76 Å². The Bertz CT molecular complexity index is 765. The van der Waals surface area contributed by atoms with Crippen molar-refractivity contribution >= 4 is 28.4 Å². The van der Waals surface area contributed by atoms with Crippen molar-refractivity contribution in [1.82, 2.24) is 15.1 Å². The summed E-state index contributed by atoms with van der Waals surface area (Å²) in [7, 11) is 0. The second-order valence-electron chi connectivity index (χ2n) is 4.96. The SMILES string of the molecule is O=C(CCn1nc(Cl)c2ccccc21)NCCc1ccco1. The van der Waals surface area contributed by atoms with E-state index in [1.165, 1.54) is 0 Å². The summed E-state index contributed by atoms with van der Waals surface area (Å²) in [6.45, 7) is 1.06. The molecule has 3 rings (SSSR count). The Morgan fingerprint density at radius 1 is 1.27 bits per heavy atom. The van der Waals surface area contributed by atoms with Gasteiger partial charge in [-0.2, -0.15) is 5.10 Å². The third-order valence-electron chi connectivity index (χ3n) is 3.44. The summed E-state index contributed by atoms with van der Waals surface area (Å²) in [5, 5.41) is 8.51. The minimum atomic E-state index is -0.0118. The predicted molar refractivity (Wildman–Crippen MR) is 84.8 cm³/mol. The molecule has 0 saturated heterocycles. The zero-order chi connectivity index (χ0) is 15.4. The van der Waals surface area contributed by atoms with Crippen LogP contribution in [0.2, 0.25) is 5.15 Å². The highest BCUT2D eigenvalue weighted by Crippen LogP contribution is 2.22. The quantitative estimate of drug-likeness (QED) is 0.760. The van der Waals surface area contributed by atoms with Crippen molar-refractivity contribution in [1.29, 1.82) is 0 Å². The lowest BCUT2D eigenvalue weighted by molar-refractivity contribution is -0.121. The molecule has 0 fully saturated rings. The van der Waals surface area contributed by atoms with Crippen molar-refractivity contribution in [3.05, 3.63) is 53.6 Å². The molecule has 1 aromatic carbocycles. The lowest BCUT2D eigenvalue weighted by Gasteiger charge is -2.05. The molecule has 1 N–H and O–H groups in total. The van der Waals surface area contributed by atoms with E-state index in [2.05, 4.69) is 10.4 Å². The molecule has 22 heavy (non-hydrogen) atoms. The maximum absolute atomic E-state index is 11.9. The number of para-hydroxylation sites is 1. The molecule has 0 unspecified atom stereocenters. The molecule has 0 atom stereocenters. The van der Waals surface area contributed by atoms with E-state index in [0.717, 1.165) is 16.7 Å². The number of aryl methyl sites for hydroxylation is 1. The van der Waals surface area contributed by atoms with E-state index in [9.17, 15) is 4.79 Å². The highest BCUT2D eigenvalue weighted by Gasteiger charge is 2.09. The third kappa shape index (κ3) is 3.31. The second kappa shape index (κ2) is 6.66. The molecular formula is C16H16ClN3O2. The van der Waals surface area contributed by atoms with E-state index in [1.807, 2.05) is 36.4 Å². The largest absolute Gasteiger partial charge is 0.469 e. The maximum atomic E-state index is 11.9. The van der Waals surface area contributed by atoms with Gasteiger partial charge in [0, 0.05) is 24.8 Å². The van der Waals surface area contributed by atoms with Crippen LogP contribution in [0.5, 0.6) is 0 Å². The number of carbonyl (C=O) groups is 1. The standard InChI is InChI=1S/C16H16ClN3O2/c17-16-13-5-1-2-6-14(13)20(19-16)10-8-15(21)18-9-7-12-4-3-11-22-12/h1-6,11H,7-10H2,(H,18,21).